The molecular formula is C19H21FN4O2. The molecule has 1 aromatic rings. The Morgan fingerprint density at radius 1 is 1.08 bits per heavy atom. The number of nitrogens with two attached hydrogens (primary N) is 1. The van der Waals surface area contributed by atoms with E-state index in [1.54, 1.807) is 26.0 Å². The Morgan fingerprint density at radius 3 is 2.08 bits per heavy atom. The first-order valence-corrected chi connectivity index (χ1v) is 8.65. The number of hydrogen-bond acceptors (Lipinski definition) is 6. The van der Waals surface area contributed by atoms with Crippen LogP contribution in [0.15, 0.2) is 29.3 Å². The van der Waals surface area contributed by atoms with Crippen LogP contribution in [0.4, 0.5) is 4.39 Å². The van der Waals surface area contributed by atoms with Crippen LogP contribution in [0.25, 0.3) is 0 Å². The molecule has 0 saturated heterocycles. The van der Waals surface area contributed by atoms with Crippen LogP contribution < -0.4 is 5.73 Å². The minimum Gasteiger partial charge on any atom is -0.386 e. The van der Waals surface area contributed by atoms with Gasteiger partial charge in [0.1, 0.15) is 11.7 Å². The Bertz CT molecular complexity index is 835. The molecule has 0 aromatic heterocycles. The van der Waals surface area contributed by atoms with Crippen molar-refractivity contribution in [3.63, 3.8) is 0 Å². The molecule has 1 heterocycles. The number of rotatable bonds is 6. The largest absolute Gasteiger partial charge is 0.386 e. The summed E-state index contributed by atoms with van der Waals surface area (Å²) in [6.07, 6.45) is 0.415. The van der Waals surface area contributed by atoms with Crippen molar-refractivity contribution in [2.75, 3.05) is 13.2 Å². The maximum absolute atomic E-state index is 13.5. The first-order chi connectivity index (χ1) is 12.4. The number of amidine groups is 1. The molecule has 2 N–H and O–H groups in total. The van der Waals surface area contributed by atoms with Gasteiger partial charge in [-0.2, -0.15) is 10.5 Å². The van der Waals surface area contributed by atoms with Crippen LogP contribution in [0.3, 0.4) is 0 Å². The SMILES string of the molecule is CCOC1(OCC)N=C(N)[C@@]2(C#N)[C@@](CC)(c3ccc(F)cc3)[C@@]12C#N. The van der Waals surface area contributed by atoms with Crippen molar-refractivity contribution in [2.24, 2.45) is 21.6 Å². The Kier molecular flexibility index (Phi) is 4.06. The Hall–Kier alpha value is -2.48. The van der Waals surface area contributed by atoms with Crippen molar-refractivity contribution < 1.29 is 13.9 Å². The number of hydrogen-bond donors (Lipinski definition) is 1. The topological polar surface area (TPSA) is 104 Å². The third-order valence-corrected chi connectivity index (χ3v) is 5.79. The van der Waals surface area contributed by atoms with Crippen LogP contribution in [0, 0.1) is 39.3 Å². The van der Waals surface area contributed by atoms with Gasteiger partial charge in [0, 0.05) is 13.2 Å². The first kappa shape index (κ1) is 18.3. The number of ether oxygens (including phenoxy) is 2. The van der Waals surface area contributed by atoms with E-state index in [0.717, 1.165) is 0 Å². The summed E-state index contributed by atoms with van der Waals surface area (Å²) in [7, 11) is 0. The molecule has 1 aromatic carbocycles. The highest BCUT2D eigenvalue weighted by molar-refractivity contribution is 6.02. The van der Waals surface area contributed by atoms with E-state index in [0.29, 0.717) is 12.0 Å². The summed E-state index contributed by atoms with van der Waals surface area (Å²) in [5.74, 6) is -2.05. The lowest BCUT2D eigenvalue weighted by Crippen LogP contribution is -2.46. The Balaban J connectivity index is 2.35. The predicted octanol–water partition coefficient (Wildman–Crippen LogP) is 2.60. The molecule has 1 fully saturated rings. The van der Waals surface area contributed by atoms with Crippen molar-refractivity contribution in [1.29, 1.82) is 10.5 Å². The molecule has 136 valence electrons. The van der Waals surface area contributed by atoms with E-state index < -0.39 is 28.0 Å². The monoisotopic (exact) mass is 356 g/mol. The van der Waals surface area contributed by atoms with E-state index >= 15 is 0 Å². The van der Waals surface area contributed by atoms with Crippen molar-refractivity contribution in [2.45, 2.75) is 38.5 Å². The molecule has 6 nitrogen and oxygen atoms in total. The second-order valence-electron chi connectivity index (χ2n) is 6.43. The lowest BCUT2D eigenvalue weighted by Gasteiger charge is -2.35. The molecule has 0 unspecified atom stereocenters. The van der Waals surface area contributed by atoms with Crippen molar-refractivity contribution in [3.05, 3.63) is 35.6 Å². The van der Waals surface area contributed by atoms with Gasteiger partial charge in [0.2, 0.25) is 0 Å². The number of benzene rings is 1. The van der Waals surface area contributed by atoms with Gasteiger partial charge >= 0.3 is 0 Å². The lowest BCUT2D eigenvalue weighted by molar-refractivity contribution is -0.258. The molecule has 7 heteroatoms. The van der Waals surface area contributed by atoms with Crippen molar-refractivity contribution in [3.8, 4) is 12.1 Å². The van der Waals surface area contributed by atoms with E-state index in [1.165, 1.54) is 12.1 Å². The van der Waals surface area contributed by atoms with Gasteiger partial charge < -0.3 is 15.2 Å². The maximum atomic E-state index is 13.5. The summed E-state index contributed by atoms with van der Waals surface area (Å²) in [6, 6.07) is 10.3. The number of nitriles is 2. The molecule has 1 aliphatic carbocycles. The fourth-order valence-electron chi connectivity index (χ4n) is 4.97. The molecule has 0 amide bonds. The van der Waals surface area contributed by atoms with Gasteiger partial charge in [-0.15, -0.1) is 0 Å². The van der Waals surface area contributed by atoms with Gasteiger partial charge in [-0.05, 0) is 38.0 Å². The van der Waals surface area contributed by atoms with Gasteiger partial charge in [0.25, 0.3) is 5.91 Å². The summed E-state index contributed by atoms with van der Waals surface area (Å²) in [4.78, 5) is 4.33. The maximum Gasteiger partial charge on any atom is 0.293 e. The van der Waals surface area contributed by atoms with Gasteiger partial charge in [-0.1, -0.05) is 19.1 Å². The van der Waals surface area contributed by atoms with E-state index in [4.69, 9.17) is 15.2 Å². The van der Waals surface area contributed by atoms with Gasteiger partial charge in [0.05, 0.1) is 17.6 Å². The molecule has 0 radical (unpaired) electrons. The number of fused-ring (bicyclic) bond motifs is 1. The smallest absolute Gasteiger partial charge is 0.293 e. The molecule has 3 rings (SSSR count). The zero-order valence-corrected chi connectivity index (χ0v) is 15.0. The molecule has 1 saturated carbocycles. The zero-order valence-electron chi connectivity index (χ0n) is 15.0. The second-order valence-corrected chi connectivity index (χ2v) is 6.43. The molecular weight excluding hydrogens is 335 g/mol. The number of halogens is 1. The molecule has 1 aliphatic heterocycles. The standard InChI is InChI=1S/C19H21FN4O2/c1-4-16(13-7-9-14(20)10-8-13)17(11-21)15(23)24-19(25-5-2,26-6-3)18(16,17)12-22/h7-10H,4-6H2,1-3H3,(H2,23,24)/t16-,17+,18-/m1/s1. The summed E-state index contributed by atoms with van der Waals surface area (Å²) in [6.45, 7) is 5.85. The van der Waals surface area contributed by atoms with Crippen LogP contribution in [-0.2, 0) is 14.9 Å². The highest BCUT2D eigenvalue weighted by Crippen LogP contribution is 2.86. The first-order valence-electron chi connectivity index (χ1n) is 8.65. The Morgan fingerprint density at radius 2 is 1.65 bits per heavy atom. The third-order valence-electron chi connectivity index (χ3n) is 5.79. The summed E-state index contributed by atoms with van der Waals surface area (Å²) in [5.41, 5.74) is 3.01. The third kappa shape index (κ3) is 1.59. The van der Waals surface area contributed by atoms with Crippen molar-refractivity contribution >= 4 is 5.84 Å². The van der Waals surface area contributed by atoms with Gasteiger partial charge in [-0.3, -0.25) is 0 Å². The molecule has 26 heavy (non-hydrogen) atoms. The number of aliphatic imine (C=N–C) groups is 1. The van der Waals surface area contributed by atoms with Crippen LogP contribution in [-0.4, -0.2) is 25.0 Å². The summed E-state index contributed by atoms with van der Waals surface area (Å²) < 4.78 is 25.2. The van der Waals surface area contributed by atoms with Gasteiger partial charge in [0.15, 0.2) is 10.8 Å². The average Bonchev–Trinajstić information content (AvgIpc) is 3.13. The van der Waals surface area contributed by atoms with Crippen LogP contribution in [0.2, 0.25) is 0 Å². The van der Waals surface area contributed by atoms with Gasteiger partial charge in [-0.25, -0.2) is 9.38 Å². The van der Waals surface area contributed by atoms with E-state index in [1.807, 2.05) is 6.92 Å². The molecule has 0 bridgehead atoms. The fourth-order valence-corrected chi connectivity index (χ4v) is 4.97. The molecule has 0 spiro atoms. The van der Waals surface area contributed by atoms with E-state index in [2.05, 4.69) is 17.1 Å². The second kappa shape index (κ2) is 5.77. The van der Waals surface area contributed by atoms with Crippen LogP contribution in [0.1, 0.15) is 32.8 Å². The van der Waals surface area contributed by atoms with Crippen LogP contribution >= 0.6 is 0 Å². The minimum absolute atomic E-state index is 0.0228. The molecule has 2 aliphatic rings. The highest BCUT2D eigenvalue weighted by atomic mass is 19.1. The van der Waals surface area contributed by atoms with E-state index in [9.17, 15) is 14.9 Å². The normalized spacial score (nSPS) is 33.7. The summed E-state index contributed by atoms with van der Waals surface area (Å²) in [5, 5.41) is 20.4. The van der Waals surface area contributed by atoms with Crippen molar-refractivity contribution in [1.82, 2.24) is 0 Å². The molecule has 3 atom stereocenters. The van der Waals surface area contributed by atoms with E-state index in [-0.39, 0.29) is 19.0 Å². The zero-order chi connectivity index (χ0) is 19.2. The highest BCUT2D eigenvalue weighted by Gasteiger charge is 3.00. The number of nitrogens with zero attached hydrogens (tertiary/aromatic N) is 3. The summed E-state index contributed by atoms with van der Waals surface area (Å²) >= 11 is 0. The lowest BCUT2D eigenvalue weighted by atomic mass is 9.80. The average molecular weight is 356 g/mol. The quantitative estimate of drug-likeness (QED) is 0.789. The van der Waals surface area contributed by atoms with Crippen LogP contribution in [0.5, 0.6) is 0 Å². The fraction of sp³-hybridized carbons (Fsp3) is 0.526. The Labute approximate surface area is 152 Å². The minimum atomic E-state index is -1.67. The predicted molar refractivity (Wildman–Crippen MR) is 92.1 cm³/mol.